The van der Waals surface area contributed by atoms with Crippen LogP contribution >= 0.6 is 15.9 Å². The molecule has 0 amide bonds. The van der Waals surface area contributed by atoms with Gasteiger partial charge in [-0.25, -0.2) is 4.98 Å². The number of furan rings is 1. The highest BCUT2D eigenvalue weighted by Crippen LogP contribution is 2.39. The summed E-state index contributed by atoms with van der Waals surface area (Å²) in [6.07, 6.45) is 10.2. The normalized spacial score (nSPS) is 27.4. The fraction of sp³-hybridized carbons (Fsp3) is 0.619. The van der Waals surface area contributed by atoms with E-state index in [1.165, 1.54) is 32.1 Å². The van der Waals surface area contributed by atoms with Gasteiger partial charge in [0.05, 0.1) is 16.3 Å². The van der Waals surface area contributed by atoms with Crippen LogP contribution in [0.1, 0.15) is 50.7 Å². The smallest absolute Gasteiger partial charge is 0.204 e. The van der Waals surface area contributed by atoms with Crippen LogP contribution in [-0.4, -0.2) is 47.3 Å². The van der Waals surface area contributed by atoms with E-state index in [0.29, 0.717) is 23.4 Å². The number of halogens is 1. The number of likely N-dealkylation sites (tertiary alicyclic amines) is 1. The van der Waals surface area contributed by atoms with Crippen molar-refractivity contribution < 1.29 is 9.15 Å². The van der Waals surface area contributed by atoms with Gasteiger partial charge in [-0.15, -0.1) is 0 Å². The van der Waals surface area contributed by atoms with Gasteiger partial charge in [0.1, 0.15) is 11.9 Å². The molecule has 0 aromatic carbocycles. The number of hydrogen-bond acceptors (Lipinski definition) is 6. The van der Waals surface area contributed by atoms with E-state index in [1.54, 1.807) is 12.3 Å². The number of anilines is 1. The summed E-state index contributed by atoms with van der Waals surface area (Å²) < 4.78 is 12.4. The Balaban J connectivity index is 1.17. The van der Waals surface area contributed by atoms with Crippen molar-refractivity contribution in [2.45, 2.75) is 62.6 Å². The quantitative estimate of drug-likeness (QED) is 0.753. The summed E-state index contributed by atoms with van der Waals surface area (Å²) in [5.74, 6) is 1.14. The third-order valence-electron chi connectivity index (χ3n) is 6.60. The summed E-state index contributed by atoms with van der Waals surface area (Å²) in [5.41, 5.74) is 0.819. The molecule has 2 aliphatic heterocycles. The van der Waals surface area contributed by atoms with Gasteiger partial charge in [0.15, 0.2) is 5.58 Å². The van der Waals surface area contributed by atoms with E-state index in [2.05, 4.69) is 31.1 Å². The molecular formula is C21H25BrN4O2. The number of rotatable bonds is 3. The summed E-state index contributed by atoms with van der Waals surface area (Å²) in [7, 11) is 0. The van der Waals surface area contributed by atoms with Crippen LogP contribution in [0.5, 0.6) is 0 Å². The third kappa shape index (κ3) is 3.32. The molecule has 2 aromatic rings. The van der Waals surface area contributed by atoms with Gasteiger partial charge in [0.25, 0.3) is 0 Å². The molecule has 3 aliphatic rings. The average molecular weight is 445 g/mol. The topological polar surface area (TPSA) is 74.3 Å². The van der Waals surface area contributed by atoms with Crippen LogP contribution in [0.15, 0.2) is 21.2 Å². The van der Waals surface area contributed by atoms with E-state index in [4.69, 9.17) is 14.4 Å². The Bertz CT molecular complexity index is 899. The Hall–Kier alpha value is -1.62. The van der Waals surface area contributed by atoms with Crippen LogP contribution in [-0.2, 0) is 4.74 Å². The Morgan fingerprint density at radius 1 is 1.25 bits per heavy atom. The molecule has 3 fully saturated rings. The third-order valence-corrected chi connectivity index (χ3v) is 7.40. The monoisotopic (exact) mass is 444 g/mol. The molecule has 0 radical (unpaired) electrons. The van der Waals surface area contributed by atoms with Crippen molar-refractivity contribution in [2.24, 2.45) is 0 Å². The fourth-order valence-electron chi connectivity index (χ4n) is 5.03. The lowest BCUT2D eigenvalue weighted by molar-refractivity contribution is -0.179. The number of nitrogens with one attached hydrogen (secondary N) is 1. The first-order valence-corrected chi connectivity index (χ1v) is 11.1. The standard InChI is InChI=1S/C21H25BrN4O2/c22-19-17-9-16(10-23)28-18(17)11-24-20(19)25-14-3-5-15(6-4-14)26-12-21(13-26)7-1-2-8-27-21/h9,11,14-15H,1-8,12-13H2,(H,24,25). The van der Waals surface area contributed by atoms with Crippen LogP contribution in [0.25, 0.3) is 11.0 Å². The molecule has 1 N–H and O–H groups in total. The van der Waals surface area contributed by atoms with Crippen LogP contribution in [0.2, 0.25) is 0 Å². The average Bonchev–Trinajstić information content (AvgIpc) is 3.14. The van der Waals surface area contributed by atoms with Crippen LogP contribution in [0.3, 0.4) is 0 Å². The molecule has 2 saturated heterocycles. The second-order valence-corrected chi connectivity index (χ2v) is 9.26. The van der Waals surface area contributed by atoms with E-state index >= 15 is 0 Å². The van der Waals surface area contributed by atoms with Crippen molar-refractivity contribution in [2.75, 3.05) is 25.0 Å². The van der Waals surface area contributed by atoms with Crippen LogP contribution in [0.4, 0.5) is 5.82 Å². The summed E-state index contributed by atoms with van der Waals surface area (Å²) in [6.45, 7) is 3.20. The molecule has 1 spiro atoms. The van der Waals surface area contributed by atoms with E-state index < -0.39 is 0 Å². The first kappa shape index (κ1) is 18.4. The number of nitriles is 1. The van der Waals surface area contributed by atoms with Gasteiger partial charge in [0.2, 0.25) is 5.76 Å². The molecule has 0 atom stereocenters. The molecule has 5 rings (SSSR count). The van der Waals surface area contributed by atoms with E-state index in [9.17, 15) is 0 Å². The van der Waals surface area contributed by atoms with Gasteiger partial charge in [0, 0.05) is 43.2 Å². The summed E-state index contributed by atoms with van der Waals surface area (Å²) >= 11 is 3.63. The molecule has 6 nitrogen and oxygen atoms in total. The van der Waals surface area contributed by atoms with Crippen molar-refractivity contribution in [3.05, 3.63) is 22.5 Å². The van der Waals surface area contributed by atoms with Gasteiger partial charge in [-0.1, -0.05) is 0 Å². The highest BCUT2D eigenvalue weighted by atomic mass is 79.9. The lowest BCUT2D eigenvalue weighted by Crippen LogP contribution is -2.67. The molecule has 1 aliphatic carbocycles. The largest absolute Gasteiger partial charge is 0.444 e. The van der Waals surface area contributed by atoms with Gasteiger partial charge in [-0.05, 0) is 60.9 Å². The molecule has 2 aromatic heterocycles. The Labute approximate surface area is 173 Å². The maximum atomic E-state index is 9.03. The van der Waals surface area contributed by atoms with Crippen LogP contribution in [0, 0.1) is 11.3 Å². The minimum absolute atomic E-state index is 0.185. The number of fused-ring (bicyclic) bond motifs is 1. The number of pyridine rings is 1. The van der Waals surface area contributed by atoms with Crippen molar-refractivity contribution in [3.8, 4) is 6.07 Å². The number of nitrogens with zero attached hydrogens (tertiary/aromatic N) is 3. The molecular weight excluding hydrogens is 420 g/mol. The summed E-state index contributed by atoms with van der Waals surface area (Å²) in [5, 5.41) is 13.5. The van der Waals surface area contributed by atoms with E-state index in [-0.39, 0.29) is 5.60 Å². The first-order chi connectivity index (χ1) is 13.7. The SMILES string of the molecule is N#Cc1cc2c(Br)c(NC3CCC(N4CC5(CCCCO5)C4)CC3)ncc2o1. The zero-order valence-electron chi connectivity index (χ0n) is 15.9. The fourth-order valence-corrected chi connectivity index (χ4v) is 5.55. The maximum Gasteiger partial charge on any atom is 0.204 e. The van der Waals surface area contributed by atoms with Crippen molar-refractivity contribution in [3.63, 3.8) is 0 Å². The minimum Gasteiger partial charge on any atom is -0.444 e. The predicted octanol–water partition coefficient (Wildman–Crippen LogP) is 4.44. The molecule has 0 bridgehead atoms. The summed E-state index contributed by atoms with van der Waals surface area (Å²) in [4.78, 5) is 7.13. The van der Waals surface area contributed by atoms with E-state index in [1.807, 2.05) is 6.07 Å². The molecule has 7 heteroatoms. The molecule has 4 heterocycles. The lowest BCUT2D eigenvalue weighted by atomic mass is 9.81. The zero-order valence-corrected chi connectivity index (χ0v) is 17.5. The Kier molecular flexibility index (Phi) is 4.82. The van der Waals surface area contributed by atoms with Crippen molar-refractivity contribution in [1.82, 2.24) is 9.88 Å². The molecule has 148 valence electrons. The second kappa shape index (κ2) is 7.33. The second-order valence-electron chi connectivity index (χ2n) is 8.46. The Morgan fingerprint density at radius 3 is 2.79 bits per heavy atom. The zero-order chi connectivity index (χ0) is 19.1. The van der Waals surface area contributed by atoms with Crippen molar-refractivity contribution in [1.29, 1.82) is 5.26 Å². The Morgan fingerprint density at radius 2 is 2.07 bits per heavy atom. The predicted molar refractivity (Wildman–Crippen MR) is 110 cm³/mol. The highest BCUT2D eigenvalue weighted by Gasteiger charge is 2.47. The van der Waals surface area contributed by atoms with Gasteiger partial charge in [-0.3, -0.25) is 4.90 Å². The number of hydrogen-bond donors (Lipinski definition) is 1. The number of ether oxygens (including phenoxy) is 1. The first-order valence-electron chi connectivity index (χ1n) is 10.3. The lowest BCUT2D eigenvalue weighted by Gasteiger charge is -2.55. The number of aromatic nitrogens is 1. The molecule has 28 heavy (non-hydrogen) atoms. The van der Waals surface area contributed by atoms with Crippen molar-refractivity contribution >= 4 is 32.7 Å². The van der Waals surface area contributed by atoms with E-state index in [0.717, 1.165) is 48.2 Å². The van der Waals surface area contributed by atoms with Gasteiger partial charge < -0.3 is 14.5 Å². The highest BCUT2D eigenvalue weighted by molar-refractivity contribution is 9.10. The minimum atomic E-state index is 0.185. The summed E-state index contributed by atoms with van der Waals surface area (Å²) in [6, 6.07) is 4.93. The molecule has 1 saturated carbocycles. The van der Waals surface area contributed by atoms with Crippen LogP contribution < -0.4 is 5.32 Å². The van der Waals surface area contributed by atoms with Gasteiger partial charge in [-0.2, -0.15) is 5.26 Å². The molecule has 0 unspecified atom stereocenters. The van der Waals surface area contributed by atoms with Gasteiger partial charge >= 0.3 is 0 Å². The maximum absolute atomic E-state index is 9.03.